The Morgan fingerprint density at radius 2 is 2.11 bits per heavy atom. The summed E-state index contributed by atoms with van der Waals surface area (Å²) in [6.07, 6.45) is 0.0954. The van der Waals surface area contributed by atoms with Gasteiger partial charge in [-0.2, -0.15) is 0 Å². The van der Waals surface area contributed by atoms with E-state index < -0.39 is 6.10 Å². The summed E-state index contributed by atoms with van der Waals surface area (Å²) < 4.78 is 5.22. The Hall–Kier alpha value is -1.75. The van der Waals surface area contributed by atoms with E-state index in [2.05, 4.69) is 0 Å². The monoisotopic (exact) mass is 253 g/mol. The first kappa shape index (κ1) is 14.3. The Balaban J connectivity index is 2.39. The normalized spacial score (nSPS) is 11.9. The number of nitrogens with zero attached hydrogens (tertiary/aromatic N) is 1. The van der Waals surface area contributed by atoms with Crippen LogP contribution in [0.3, 0.4) is 0 Å². The molecule has 0 heterocycles. The smallest absolute Gasteiger partial charge is 0.260 e. The summed E-state index contributed by atoms with van der Waals surface area (Å²) in [5.41, 5.74) is 0. The van der Waals surface area contributed by atoms with E-state index in [9.17, 15) is 9.90 Å². The van der Waals surface area contributed by atoms with E-state index in [1.807, 2.05) is 0 Å². The van der Waals surface area contributed by atoms with E-state index >= 15 is 0 Å². The van der Waals surface area contributed by atoms with Gasteiger partial charge < -0.3 is 19.8 Å². The Morgan fingerprint density at radius 3 is 2.72 bits per heavy atom. The predicted molar refractivity (Wildman–Crippen MR) is 67.5 cm³/mol. The zero-order valence-electron chi connectivity index (χ0n) is 10.7. The SMILES string of the molecule is CC(O)CCN(C)C(=O)COc1ccccc1O. The number of aromatic hydroxyl groups is 1. The fourth-order valence-electron chi connectivity index (χ4n) is 1.33. The average Bonchev–Trinajstić information content (AvgIpc) is 2.34. The van der Waals surface area contributed by atoms with Gasteiger partial charge in [0.05, 0.1) is 6.10 Å². The second-order valence-corrected chi connectivity index (χ2v) is 4.21. The highest BCUT2D eigenvalue weighted by atomic mass is 16.5. The molecule has 1 aromatic rings. The number of hydrogen-bond acceptors (Lipinski definition) is 4. The topological polar surface area (TPSA) is 70.0 Å². The van der Waals surface area contributed by atoms with Crippen LogP contribution in [0.15, 0.2) is 24.3 Å². The van der Waals surface area contributed by atoms with Gasteiger partial charge in [0.1, 0.15) is 0 Å². The van der Waals surface area contributed by atoms with Crippen molar-refractivity contribution in [2.24, 2.45) is 0 Å². The maximum atomic E-state index is 11.7. The van der Waals surface area contributed by atoms with Gasteiger partial charge in [-0.3, -0.25) is 4.79 Å². The Labute approximate surface area is 107 Å². The second kappa shape index (κ2) is 6.86. The van der Waals surface area contributed by atoms with Crippen LogP contribution in [0.4, 0.5) is 0 Å². The number of amides is 1. The molecule has 1 unspecified atom stereocenters. The number of carbonyl (C=O) groups is 1. The summed E-state index contributed by atoms with van der Waals surface area (Å²) in [5.74, 6) is 0.102. The Morgan fingerprint density at radius 1 is 1.44 bits per heavy atom. The summed E-state index contributed by atoms with van der Waals surface area (Å²) in [5, 5.41) is 18.6. The van der Waals surface area contributed by atoms with Crippen LogP contribution in [0.25, 0.3) is 0 Å². The molecule has 1 rings (SSSR count). The van der Waals surface area contributed by atoms with Crippen LogP contribution in [-0.2, 0) is 4.79 Å². The molecule has 2 N–H and O–H groups in total. The third kappa shape index (κ3) is 4.63. The molecule has 0 aliphatic carbocycles. The summed E-state index contributed by atoms with van der Waals surface area (Å²) in [7, 11) is 1.65. The van der Waals surface area contributed by atoms with Gasteiger partial charge in [-0.25, -0.2) is 0 Å². The van der Waals surface area contributed by atoms with Crippen LogP contribution in [0.1, 0.15) is 13.3 Å². The molecule has 0 radical (unpaired) electrons. The van der Waals surface area contributed by atoms with E-state index in [-0.39, 0.29) is 24.0 Å². The molecule has 1 atom stereocenters. The molecule has 100 valence electrons. The standard InChI is InChI=1S/C13H19NO4/c1-10(15)7-8-14(2)13(17)9-18-12-6-4-3-5-11(12)16/h3-6,10,15-16H,7-9H2,1-2H3. The first-order valence-corrected chi connectivity index (χ1v) is 5.83. The predicted octanol–water partition coefficient (Wildman–Crippen LogP) is 1.00. The number of para-hydroxylation sites is 2. The highest BCUT2D eigenvalue weighted by molar-refractivity contribution is 5.77. The minimum absolute atomic E-state index is 0.0110. The van der Waals surface area contributed by atoms with Crippen molar-refractivity contribution in [2.45, 2.75) is 19.4 Å². The van der Waals surface area contributed by atoms with Crippen LogP contribution >= 0.6 is 0 Å². The van der Waals surface area contributed by atoms with Crippen LogP contribution in [-0.4, -0.2) is 47.3 Å². The lowest BCUT2D eigenvalue weighted by atomic mass is 10.3. The molecule has 1 amide bonds. The van der Waals surface area contributed by atoms with Crippen molar-refractivity contribution in [3.05, 3.63) is 24.3 Å². The molecule has 0 bridgehead atoms. The maximum absolute atomic E-state index is 11.7. The van der Waals surface area contributed by atoms with Gasteiger partial charge in [0.25, 0.3) is 5.91 Å². The first-order valence-electron chi connectivity index (χ1n) is 5.83. The minimum atomic E-state index is -0.431. The highest BCUT2D eigenvalue weighted by Crippen LogP contribution is 2.24. The number of likely N-dealkylation sites (N-methyl/N-ethyl adjacent to an activating group) is 1. The molecule has 5 heteroatoms. The number of rotatable bonds is 6. The van der Waals surface area contributed by atoms with Crippen molar-refractivity contribution >= 4 is 5.91 Å². The molecule has 0 aliphatic rings. The van der Waals surface area contributed by atoms with Crippen LogP contribution < -0.4 is 4.74 Å². The summed E-state index contributed by atoms with van der Waals surface area (Å²) in [4.78, 5) is 13.2. The molecule has 18 heavy (non-hydrogen) atoms. The van der Waals surface area contributed by atoms with Gasteiger partial charge in [0.2, 0.25) is 0 Å². The number of phenols is 1. The molecule has 1 aromatic carbocycles. The zero-order chi connectivity index (χ0) is 13.5. The minimum Gasteiger partial charge on any atom is -0.504 e. The Kier molecular flexibility index (Phi) is 5.45. The molecule has 0 fully saturated rings. The number of carbonyl (C=O) groups excluding carboxylic acids is 1. The van der Waals surface area contributed by atoms with Crippen molar-refractivity contribution in [2.75, 3.05) is 20.2 Å². The summed E-state index contributed by atoms with van der Waals surface area (Å²) in [6.45, 7) is 2.02. The maximum Gasteiger partial charge on any atom is 0.260 e. The first-order chi connectivity index (χ1) is 8.50. The largest absolute Gasteiger partial charge is 0.504 e. The van der Waals surface area contributed by atoms with Gasteiger partial charge in [-0.05, 0) is 25.5 Å². The van der Waals surface area contributed by atoms with Gasteiger partial charge in [0, 0.05) is 13.6 Å². The zero-order valence-corrected chi connectivity index (χ0v) is 10.7. The van der Waals surface area contributed by atoms with E-state index in [1.54, 1.807) is 32.2 Å². The fraction of sp³-hybridized carbons (Fsp3) is 0.462. The number of benzene rings is 1. The van der Waals surface area contributed by atoms with E-state index in [1.165, 1.54) is 11.0 Å². The van der Waals surface area contributed by atoms with E-state index in [0.29, 0.717) is 13.0 Å². The van der Waals surface area contributed by atoms with Gasteiger partial charge >= 0.3 is 0 Å². The van der Waals surface area contributed by atoms with Gasteiger partial charge in [0.15, 0.2) is 18.1 Å². The lowest BCUT2D eigenvalue weighted by Crippen LogP contribution is -2.33. The fourth-order valence-corrected chi connectivity index (χ4v) is 1.33. The molecule has 5 nitrogen and oxygen atoms in total. The van der Waals surface area contributed by atoms with E-state index in [4.69, 9.17) is 9.84 Å². The molecule has 0 saturated heterocycles. The molecule has 0 saturated carbocycles. The van der Waals surface area contributed by atoms with Gasteiger partial charge in [-0.15, -0.1) is 0 Å². The number of aliphatic hydroxyl groups excluding tert-OH is 1. The summed E-state index contributed by atoms with van der Waals surface area (Å²) in [6, 6.07) is 6.49. The molecule has 0 aromatic heterocycles. The molecule has 0 spiro atoms. The van der Waals surface area contributed by atoms with Crippen molar-refractivity contribution in [3.63, 3.8) is 0 Å². The lowest BCUT2D eigenvalue weighted by Gasteiger charge is -2.18. The van der Waals surface area contributed by atoms with Crippen LogP contribution in [0, 0.1) is 0 Å². The lowest BCUT2D eigenvalue weighted by molar-refractivity contribution is -0.132. The number of ether oxygens (including phenoxy) is 1. The number of phenolic OH excluding ortho intramolecular Hbond substituents is 1. The average molecular weight is 253 g/mol. The third-order valence-electron chi connectivity index (χ3n) is 2.52. The second-order valence-electron chi connectivity index (χ2n) is 4.21. The number of aliphatic hydroxyl groups is 1. The van der Waals surface area contributed by atoms with Crippen molar-refractivity contribution in [3.8, 4) is 11.5 Å². The molecule has 0 aliphatic heterocycles. The number of hydrogen-bond donors (Lipinski definition) is 2. The Bertz CT molecular complexity index is 392. The third-order valence-corrected chi connectivity index (χ3v) is 2.52. The van der Waals surface area contributed by atoms with Gasteiger partial charge in [-0.1, -0.05) is 12.1 Å². The molecular formula is C13H19NO4. The van der Waals surface area contributed by atoms with Crippen molar-refractivity contribution < 1.29 is 19.7 Å². The van der Waals surface area contributed by atoms with Crippen molar-refractivity contribution in [1.29, 1.82) is 0 Å². The molecular weight excluding hydrogens is 234 g/mol. The van der Waals surface area contributed by atoms with Crippen molar-refractivity contribution in [1.82, 2.24) is 4.90 Å². The summed E-state index contributed by atoms with van der Waals surface area (Å²) >= 11 is 0. The highest BCUT2D eigenvalue weighted by Gasteiger charge is 2.11. The van der Waals surface area contributed by atoms with Crippen LogP contribution in [0.5, 0.6) is 11.5 Å². The van der Waals surface area contributed by atoms with Crippen LogP contribution in [0.2, 0.25) is 0 Å². The van der Waals surface area contributed by atoms with E-state index in [0.717, 1.165) is 0 Å². The quantitative estimate of drug-likeness (QED) is 0.793.